The van der Waals surface area contributed by atoms with Crippen molar-refractivity contribution in [2.24, 2.45) is 0 Å². The molecule has 0 unspecified atom stereocenters. The molecule has 5 nitrogen and oxygen atoms in total. The molecule has 0 aromatic heterocycles. The first kappa shape index (κ1) is 19.5. The van der Waals surface area contributed by atoms with Crippen LogP contribution in [-0.4, -0.2) is 24.0 Å². The van der Waals surface area contributed by atoms with E-state index >= 15 is 0 Å². The topological polar surface area (TPSA) is 67.4 Å². The lowest BCUT2D eigenvalue weighted by atomic mass is 10.1. The van der Waals surface area contributed by atoms with Gasteiger partial charge in [0, 0.05) is 11.2 Å². The molecule has 0 aliphatic heterocycles. The summed E-state index contributed by atoms with van der Waals surface area (Å²) in [6.45, 7) is 9.51. The van der Waals surface area contributed by atoms with Gasteiger partial charge in [0.15, 0.2) is 6.61 Å². The molecule has 0 aliphatic rings. The molecule has 0 spiro atoms. The van der Waals surface area contributed by atoms with Crippen LogP contribution in [0, 0.1) is 13.8 Å². The molecule has 0 saturated heterocycles. The van der Waals surface area contributed by atoms with Gasteiger partial charge in [-0.25, -0.2) is 0 Å². The summed E-state index contributed by atoms with van der Waals surface area (Å²) >= 11 is 0. The number of hydrogen-bond donors (Lipinski definition) is 2. The summed E-state index contributed by atoms with van der Waals surface area (Å²) in [6, 6.07) is 12.7. The Morgan fingerprint density at radius 2 is 1.62 bits per heavy atom. The van der Waals surface area contributed by atoms with Crippen molar-refractivity contribution in [2.75, 3.05) is 11.9 Å². The smallest absolute Gasteiger partial charge is 0.259 e. The fourth-order valence-corrected chi connectivity index (χ4v) is 2.62. The second kappa shape index (κ2) is 8.04. The Morgan fingerprint density at radius 1 is 1.00 bits per heavy atom. The van der Waals surface area contributed by atoms with Crippen molar-refractivity contribution in [3.63, 3.8) is 0 Å². The third-order valence-electron chi connectivity index (χ3n) is 3.48. The molecule has 5 heteroatoms. The van der Waals surface area contributed by atoms with Crippen molar-refractivity contribution in [2.45, 2.75) is 40.2 Å². The summed E-state index contributed by atoms with van der Waals surface area (Å²) in [4.78, 5) is 24.6. The molecule has 2 aromatic carbocycles. The van der Waals surface area contributed by atoms with E-state index in [0.29, 0.717) is 11.3 Å². The molecule has 0 heterocycles. The van der Waals surface area contributed by atoms with Gasteiger partial charge in [-0.2, -0.15) is 0 Å². The van der Waals surface area contributed by atoms with Crippen LogP contribution in [0.15, 0.2) is 42.5 Å². The number of amides is 2. The Morgan fingerprint density at radius 3 is 2.23 bits per heavy atom. The number of anilines is 1. The van der Waals surface area contributed by atoms with Crippen LogP contribution < -0.4 is 15.4 Å². The number of hydrogen-bond acceptors (Lipinski definition) is 3. The summed E-state index contributed by atoms with van der Waals surface area (Å²) in [5, 5.41) is 5.71. The number of para-hydroxylation sites is 1. The second-order valence-corrected chi connectivity index (χ2v) is 7.41. The maximum Gasteiger partial charge on any atom is 0.259 e. The minimum absolute atomic E-state index is 0.148. The minimum Gasteiger partial charge on any atom is -0.483 e. The van der Waals surface area contributed by atoms with Gasteiger partial charge in [0.05, 0.1) is 5.56 Å². The molecule has 0 fully saturated rings. The van der Waals surface area contributed by atoms with Gasteiger partial charge in [-0.3, -0.25) is 9.59 Å². The molecule has 0 bridgehead atoms. The Balaban J connectivity index is 2.10. The Bertz CT molecular complexity index is 787. The maximum atomic E-state index is 12.6. The first-order valence-electron chi connectivity index (χ1n) is 8.56. The number of nitrogens with one attached hydrogen (secondary N) is 2. The van der Waals surface area contributed by atoms with E-state index in [0.717, 1.165) is 16.8 Å². The van der Waals surface area contributed by atoms with E-state index in [1.54, 1.807) is 24.3 Å². The molecule has 0 atom stereocenters. The zero-order valence-electron chi connectivity index (χ0n) is 16.0. The highest BCUT2D eigenvalue weighted by Gasteiger charge is 2.16. The van der Waals surface area contributed by atoms with Crippen LogP contribution in [0.2, 0.25) is 0 Å². The molecule has 2 aromatic rings. The minimum atomic E-state index is -0.333. The van der Waals surface area contributed by atoms with E-state index in [2.05, 4.69) is 10.6 Å². The van der Waals surface area contributed by atoms with E-state index < -0.39 is 0 Å². The van der Waals surface area contributed by atoms with Crippen LogP contribution >= 0.6 is 0 Å². The molecular weight excluding hydrogens is 328 g/mol. The summed E-state index contributed by atoms with van der Waals surface area (Å²) < 4.78 is 5.58. The first-order valence-corrected chi connectivity index (χ1v) is 8.56. The lowest BCUT2D eigenvalue weighted by Gasteiger charge is -2.20. The maximum absolute atomic E-state index is 12.6. The molecule has 2 rings (SSSR count). The van der Waals surface area contributed by atoms with Crippen molar-refractivity contribution in [3.8, 4) is 5.75 Å². The zero-order valence-corrected chi connectivity index (χ0v) is 16.0. The number of ether oxygens (including phenoxy) is 1. The fourth-order valence-electron chi connectivity index (χ4n) is 2.62. The highest BCUT2D eigenvalue weighted by Crippen LogP contribution is 2.21. The zero-order chi connectivity index (χ0) is 19.3. The highest BCUT2D eigenvalue weighted by atomic mass is 16.5. The summed E-state index contributed by atoms with van der Waals surface area (Å²) in [5.41, 5.74) is 2.93. The third-order valence-corrected chi connectivity index (χ3v) is 3.48. The fraction of sp³-hybridized carbons (Fsp3) is 0.333. The lowest BCUT2D eigenvalue weighted by molar-refractivity contribution is -0.124. The Labute approximate surface area is 154 Å². The molecule has 0 saturated carbocycles. The van der Waals surface area contributed by atoms with Gasteiger partial charge in [0.1, 0.15) is 5.75 Å². The molecule has 2 N–H and O–H groups in total. The van der Waals surface area contributed by atoms with Crippen LogP contribution in [-0.2, 0) is 4.79 Å². The van der Waals surface area contributed by atoms with E-state index in [1.165, 1.54) is 0 Å². The lowest BCUT2D eigenvalue weighted by Crippen LogP contribution is -2.43. The Hall–Kier alpha value is -2.82. The largest absolute Gasteiger partial charge is 0.483 e. The summed E-state index contributed by atoms with van der Waals surface area (Å²) in [7, 11) is 0. The van der Waals surface area contributed by atoms with Gasteiger partial charge in [0.2, 0.25) is 0 Å². The SMILES string of the molecule is Cc1cc(C)cc(NC(=O)c2ccccc2OCC(=O)NC(C)(C)C)c1. The predicted octanol–water partition coefficient (Wildman–Crippen LogP) is 3.85. The standard InChI is InChI=1S/C21H26N2O3/c1-14-10-15(2)12-16(11-14)22-20(25)17-8-6-7-9-18(17)26-13-19(24)23-21(3,4)5/h6-12H,13H2,1-5H3,(H,22,25)(H,23,24). The van der Waals surface area contributed by atoms with Gasteiger partial charge < -0.3 is 15.4 Å². The monoisotopic (exact) mass is 354 g/mol. The highest BCUT2D eigenvalue weighted by molar-refractivity contribution is 6.06. The van der Waals surface area contributed by atoms with Gasteiger partial charge in [-0.15, -0.1) is 0 Å². The van der Waals surface area contributed by atoms with E-state index in [1.807, 2.05) is 52.8 Å². The van der Waals surface area contributed by atoms with E-state index in [9.17, 15) is 9.59 Å². The normalized spacial score (nSPS) is 11.0. The molecule has 138 valence electrons. The molecule has 26 heavy (non-hydrogen) atoms. The first-order chi connectivity index (χ1) is 12.1. The van der Waals surface area contributed by atoms with Crippen molar-refractivity contribution in [1.82, 2.24) is 5.32 Å². The van der Waals surface area contributed by atoms with Crippen LogP contribution in [0.4, 0.5) is 5.69 Å². The summed E-state index contributed by atoms with van der Waals surface area (Å²) in [5.74, 6) is -0.137. The van der Waals surface area contributed by atoms with Crippen LogP contribution in [0.1, 0.15) is 42.3 Å². The molecule has 0 radical (unpaired) electrons. The van der Waals surface area contributed by atoms with Crippen LogP contribution in [0.3, 0.4) is 0 Å². The average Bonchev–Trinajstić information content (AvgIpc) is 2.50. The number of aryl methyl sites for hydroxylation is 2. The number of carbonyl (C=O) groups excluding carboxylic acids is 2. The van der Waals surface area contributed by atoms with Gasteiger partial charge in [0.25, 0.3) is 11.8 Å². The van der Waals surface area contributed by atoms with Gasteiger partial charge in [-0.05, 0) is 70.0 Å². The average molecular weight is 354 g/mol. The van der Waals surface area contributed by atoms with Gasteiger partial charge in [-0.1, -0.05) is 18.2 Å². The van der Waals surface area contributed by atoms with Crippen molar-refractivity contribution < 1.29 is 14.3 Å². The second-order valence-electron chi connectivity index (χ2n) is 7.41. The third kappa shape index (κ3) is 5.92. The molecular formula is C21H26N2O3. The van der Waals surface area contributed by atoms with Crippen LogP contribution in [0.5, 0.6) is 5.75 Å². The van der Waals surface area contributed by atoms with Crippen LogP contribution in [0.25, 0.3) is 0 Å². The predicted molar refractivity (Wildman–Crippen MR) is 104 cm³/mol. The van der Waals surface area contributed by atoms with Crippen molar-refractivity contribution in [1.29, 1.82) is 0 Å². The number of rotatable bonds is 5. The molecule has 0 aliphatic carbocycles. The van der Waals surface area contributed by atoms with E-state index in [-0.39, 0.29) is 24.0 Å². The quantitative estimate of drug-likeness (QED) is 0.857. The van der Waals surface area contributed by atoms with E-state index in [4.69, 9.17) is 4.74 Å². The van der Waals surface area contributed by atoms with Crippen molar-refractivity contribution in [3.05, 3.63) is 59.2 Å². The Kier molecular flexibility index (Phi) is 6.03. The summed E-state index contributed by atoms with van der Waals surface area (Å²) in [6.07, 6.45) is 0. The van der Waals surface area contributed by atoms with Gasteiger partial charge >= 0.3 is 0 Å². The molecule has 2 amide bonds. The number of carbonyl (C=O) groups is 2. The number of benzene rings is 2. The van der Waals surface area contributed by atoms with Crippen molar-refractivity contribution >= 4 is 17.5 Å².